The molecule has 0 saturated carbocycles. The lowest BCUT2D eigenvalue weighted by molar-refractivity contribution is -0.137. The minimum atomic E-state index is -4.45. The van der Waals surface area contributed by atoms with E-state index in [1.54, 1.807) is 30.3 Å². The van der Waals surface area contributed by atoms with Gasteiger partial charge in [-0.1, -0.05) is 37.1 Å². The molecule has 1 unspecified atom stereocenters. The average Bonchev–Trinajstić information content (AvgIpc) is 3.17. The first-order valence-electron chi connectivity index (χ1n) is 9.79. The third kappa shape index (κ3) is 5.46. The van der Waals surface area contributed by atoms with Crippen LogP contribution in [0.5, 0.6) is 0 Å². The number of nitrogens with one attached hydrogen (secondary N) is 1. The van der Waals surface area contributed by atoms with E-state index in [2.05, 4.69) is 10.4 Å². The summed E-state index contributed by atoms with van der Waals surface area (Å²) in [6.45, 7) is 1.52. The molecule has 2 aromatic carbocycles. The zero-order valence-corrected chi connectivity index (χ0v) is 17.5. The summed E-state index contributed by atoms with van der Waals surface area (Å²) < 4.78 is 40.8. The van der Waals surface area contributed by atoms with Crippen LogP contribution in [0.3, 0.4) is 0 Å². The number of hydrogen-bond acceptors (Lipinski definition) is 4. The predicted octanol–water partition coefficient (Wildman–Crippen LogP) is 5.16. The summed E-state index contributed by atoms with van der Waals surface area (Å²) in [4.78, 5) is 0. The number of aliphatic hydroxyl groups excluding tert-OH is 2. The fraction of sp³-hybridized carbons (Fsp3) is 0.318. The molecule has 9 heteroatoms. The first-order chi connectivity index (χ1) is 14.7. The van der Waals surface area contributed by atoms with Gasteiger partial charge in [-0.2, -0.15) is 18.3 Å². The Kier molecular flexibility index (Phi) is 7.38. The van der Waals surface area contributed by atoms with E-state index in [0.717, 1.165) is 12.1 Å². The lowest BCUT2D eigenvalue weighted by atomic mass is 9.99. The minimum absolute atomic E-state index is 0.338. The second kappa shape index (κ2) is 9.82. The summed E-state index contributed by atoms with van der Waals surface area (Å²) in [6.07, 6.45) is -3.06. The van der Waals surface area contributed by atoms with Gasteiger partial charge in [-0.25, -0.2) is 4.68 Å². The van der Waals surface area contributed by atoms with Crippen molar-refractivity contribution in [1.82, 2.24) is 15.1 Å². The molecular weight excluding hydrogens is 431 g/mol. The van der Waals surface area contributed by atoms with Gasteiger partial charge in [0.25, 0.3) is 0 Å². The fourth-order valence-corrected chi connectivity index (χ4v) is 3.55. The van der Waals surface area contributed by atoms with Gasteiger partial charge in [0, 0.05) is 16.6 Å². The first kappa shape index (κ1) is 23.3. The third-order valence-corrected chi connectivity index (χ3v) is 5.22. The maximum Gasteiger partial charge on any atom is 0.416 e. The maximum absolute atomic E-state index is 13.1. The molecule has 0 aliphatic carbocycles. The molecule has 2 atom stereocenters. The lowest BCUT2D eigenvalue weighted by Gasteiger charge is -2.23. The Morgan fingerprint density at radius 3 is 2.48 bits per heavy atom. The molecule has 0 radical (unpaired) electrons. The van der Waals surface area contributed by atoms with Crippen LogP contribution in [0.15, 0.2) is 54.7 Å². The second-order valence-corrected chi connectivity index (χ2v) is 7.56. The van der Waals surface area contributed by atoms with Gasteiger partial charge >= 0.3 is 6.18 Å². The van der Waals surface area contributed by atoms with E-state index in [9.17, 15) is 23.4 Å². The monoisotopic (exact) mass is 453 g/mol. The molecule has 31 heavy (non-hydrogen) atoms. The van der Waals surface area contributed by atoms with Crippen LogP contribution in [0, 0.1) is 0 Å². The third-order valence-electron chi connectivity index (χ3n) is 4.97. The summed E-state index contributed by atoms with van der Waals surface area (Å²) >= 11 is 5.91. The standard InChI is InChI=1S/C22H23ClF3N3O2/c1-2-4-19(14-5-3-6-15(11-14)22(24,25)26)28-21(31)18-12-27-29(20(18)13-30)17-9-7-16(23)8-10-17/h3,5-12,19,21,28,30-31H,2,4,13H2,1H3/t19-,21?/m0/s1. The van der Waals surface area contributed by atoms with Crippen molar-refractivity contribution in [3.63, 3.8) is 0 Å². The van der Waals surface area contributed by atoms with Crippen molar-refractivity contribution < 1.29 is 23.4 Å². The highest BCUT2D eigenvalue weighted by atomic mass is 35.5. The molecule has 0 aliphatic rings. The van der Waals surface area contributed by atoms with Gasteiger partial charge < -0.3 is 10.2 Å². The summed E-state index contributed by atoms with van der Waals surface area (Å²) in [5.74, 6) is 0. The molecule has 0 spiro atoms. The minimum Gasteiger partial charge on any atom is -0.390 e. The highest BCUT2D eigenvalue weighted by Gasteiger charge is 2.31. The first-order valence-corrected chi connectivity index (χ1v) is 10.2. The second-order valence-electron chi connectivity index (χ2n) is 7.13. The van der Waals surface area contributed by atoms with Crippen molar-refractivity contribution in [1.29, 1.82) is 0 Å². The smallest absolute Gasteiger partial charge is 0.390 e. The van der Waals surface area contributed by atoms with Crippen LogP contribution in [0.4, 0.5) is 13.2 Å². The molecule has 3 aromatic rings. The van der Waals surface area contributed by atoms with Crippen LogP contribution in [-0.4, -0.2) is 20.0 Å². The molecule has 0 aliphatic heterocycles. The van der Waals surface area contributed by atoms with Gasteiger partial charge in [0.1, 0.15) is 6.23 Å². The van der Waals surface area contributed by atoms with E-state index in [0.29, 0.717) is 40.4 Å². The molecule has 0 bridgehead atoms. The van der Waals surface area contributed by atoms with Crippen LogP contribution < -0.4 is 5.32 Å². The van der Waals surface area contributed by atoms with Gasteiger partial charge in [-0.15, -0.1) is 0 Å². The van der Waals surface area contributed by atoms with Crippen LogP contribution >= 0.6 is 11.6 Å². The Bertz CT molecular complexity index is 1010. The van der Waals surface area contributed by atoms with Gasteiger partial charge in [0.05, 0.1) is 29.7 Å². The molecule has 166 valence electrons. The quantitative estimate of drug-likeness (QED) is 0.412. The molecule has 1 heterocycles. The van der Waals surface area contributed by atoms with Gasteiger partial charge in [-0.3, -0.25) is 5.32 Å². The highest BCUT2D eigenvalue weighted by molar-refractivity contribution is 6.30. The molecule has 0 amide bonds. The van der Waals surface area contributed by atoms with Crippen molar-refractivity contribution in [2.75, 3.05) is 0 Å². The number of alkyl halides is 3. The Morgan fingerprint density at radius 2 is 1.87 bits per heavy atom. The number of aromatic nitrogens is 2. The number of aliphatic hydroxyl groups is 2. The molecule has 1 aromatic heterocycles. The number of rotatable bonds is 8. The molecule has 5 nitrogen and oxygen atoms in total. The van der Waals surface area contributed by atoms with E-state index < -0.39 is 30.6 Å². The predicted molar refractivity (Wildman–Crippen MR) is 112 cm³/mol. The zero-order chi connectivity index (χ0) is 22.6. The largest absolute Gasteiger partial charge is 0.416 e. The Labute approximate surface area is 183 Å². The Balaban J connectivity index is 1.88. The number of hydrogen-bond donors (Lipinski definition) is 3. The molecular formula is C22H23ClF3N3O2. The molecule has 0 fully saturated rings. The average molecular weight is 454 g/mol. The van der Waals surface area contributed by atoms with Crippen LogP contribution in [0.25, 0.3) is 5.69 Å². The number of halogens is 4. The van der Waals surface area contributed by atoms with E-state index in [-0.39, 0.29) is 0 Å². The van der Waals surface area contributed by atoms with Crippen molar-refractivity contribution in [3.05, 3.63) is 82.1 Å². The fourth-order valence-electron chi connectivity index (χ4n) is 3.42. The maximum atomic E-state index is 13.1. The Hall–Kier alpha value is -2.39. The summed E-state index contributed by atoms with van der Waals surface area (Å²) in [5.41, 5.74) is 1.03. The van der Waals surface area contributed by atoms with Gasteiger partial charge in [0.2, 0.25) is 0 Å². The van der Waals surface area contributed by atoms with Crippen molar-refractivity contribution in [2.24, 2.45) is 0 Å². The SMILES string of the molecule is CCC[C@H](NC(O)c1cnn(-c2ccc(Cl)cc2)c1CO)c1cccc(C(F)(F)F)c1. The van der Waals surface area contributed by atoms with Crippen molar-refractivity contribution >= 4 is 11.6 Å². The topological polar surface area (TPSA) is 70.3 Å². The Morgan fingerprint density at radius 1 is 1.16 bits per heavy atom. The van der Waals surface area contributed by atoms with Crippen LogP contribution in [-0.2, 0) is 12.8 Å². The van der Waals surface area contributed by atoms with Crippen LogP contribution in [0.1, 0.15) is 54.4 Å². The zero-order valence-electron chi connectivity index (χ0n) is 16.8. The van der Waals surface area contributed by atoms with Gasteiger partial charge in [0.15, 0.2) is 0 Å². The summed E-state index contributed by atoms with van der Waals surface area (Å²) in [7, 11) is 0. The molecule has 3 rings (SSSR count). The highest BCUT2D eigenvalue weighted by Crippen LogP contribution is 2.32. The van der Waals surface area contributed by atoms with E-state index in [4.69, 9.17) is 11.6 Å². The normalized spacial score (nSPS) is 13.9. The van der Waals surface area contributed by atoms with E-state index >= 15 is 0 Å². The molecule has 0 saturated heterocycles. The van der Waals surface area contributed by atoms with Crippen molar-refractivity contribution in [2.45, 2.75) is 44.8 Å². The van der Waals surface area contributed by atoms with Gasteiger partial charge in [-0.05, 0) is 48.4 Å². The number of benzene rings is 2. The van der Waals surface area contributed by atoms with Crippen molar-refractivity contribution in [3.8, 4) is 5.69 Å². The molecule has 3 N–H and O–H groups in total. The lowest BCUT2D eigenvalue weighted by Crippen LogP contribution is -2.27. The van der Waals surface area contributed by atoms with E-state index in [1.165, 1.54) is 16.9 Å². The van der Waals surface area contributed by atoms with E-state index in [1.807, 2.05) is 6.92 Å². The summed E-state index contributed by atoms with van der Waals surface area (Å²) in [6, 6.07) is 11.3. The van der Waals surface area contributed by atoms with Crippen LogP contribution in [0.2, 0.25) is 5.02 Å². The number of nitrogens with zero attached hydrogens (tertiary/aromatic N) is 2. The summed E-state index contributed by atoms with van der Waals surface area (Å²) in [5, 5.41) is 28.5.